The van der Waals surface area contributed by atoms with Gasteiger partial charge in [-0.1, -0.05) is 23.7 Å². The quantitative estimate of drug-likeness (QED) is 0.363. The van der Waals surface area contributed by atoms with E-state index in [1.165, 1.54) is 37.7 Å². The average molecular weight is 500 g/mol. The number of carbonyl (C=O) groups is 1. The highest BCUT2D eigenvalue weighted by Gasteiger charge is 2.23. The Morgan fingerprint density at radius 2 is 1.94 bits per heavy atom. The number of carbonyl (C=O) groups excluding carboxylic acids is 1. The number of halogens is 1. The van der Waals surface area contributed by atoms with E-state index in [1.807, 2.05) is 18.4 Å². The Balaban J connectivity index is 1.73. The molecule has 9 nitrogen and oxygen atoms in total. The summed E-state index contributed by atoms with van der Waals surface area (Å²) < 4.78 is 35.5. The highest BCUT2D eigenvalue weighted by molar-refractivity contribution is 7.92. The van der Waals surface area contributed by atoms with E-state index in [0.717, 1.165) is 0 Å². The topological polar surface area (TPSA) is 129 Å². The number of ketones is 1. The number of rotatable bonds is 7. The summed E-state index contributed by atoms with van der Waals surface area (Å²) in [5.41, 5.74) is 7.42. The van der Waals surface area contributed by atoms with Crippen molar-refractivity contribution in [3.8, 4) is 5.75 Å². The van der Waals surface area contributed by atoms with Crippen LogP contribution in [0.25, 0.3) is 11.0 Å². The fourth-order valence-electron chi connectivity index (χ4n) is 3.62. The fraction of sp³-hybridized carbons (Fsp3) is 0.174. The van der Waals surface area contributed by atoms with Crippen LogP contribution in [-0.2, 0) is 10.0 Å². The number of hydrogen-bond donors (Lipinski definition) is 2. The van der Waals surface area contributed by atoms with Gasteiger partial charge in [-0.15, -0.1) is 0 Å². The second-order valence-corrected chi connectivity index (χ2v) is 9.90. The lowest BCUT2D eigenvalue weighted by molar-refractivity contribution is 0.104. The maximum atomic E-state index is 13.4. The van der Waals surface area contributed by atoms with Crippen LogP contribution in [0.5, 0.6) is 5.75 Å². The van der Waals surface area contributed by atoms with Gasteiger partial charge in [0.25, 0.3) is 10.0 Å². The van der Waals surface area contributed by atoms with E-state index < -0.39 is 10.0 Å². The monoisotopic (exact) mass is 499 g/mol. The normalized spacial score (nSPS) is 11.7. The van der Waals surface area contributed by atoms with E-state index in [4.69, 9.17) is 22.1 Å². The second kappa shape index (κ2) is 8.96. The van der Waals surface area contributed by atoms with Gasteiger partial charge in [0, 0.05) is 28.5 Å². The molecule has 2 heterocycles. The molecule has 0 saturated carbocycles. The molecule has 0 aliphatic rings. The minimum atomic E-state index is -4.05. The number of hydrogen-bond acceptors (Lipinski definition) is 7. The van der Waals surface area contributed by atoms with Crippen molar-refractivity contribution in [2.75, 3.05) is 17.6 Å². The molecule has 0 saturated heterocycles. The first-order chi connectivity index (χ1) is 16.1. The lowest BCUT2D eigenvalue weighted by Crippen LogP contribution is -2.14. The molecule has 0 aliphatic heterocycles. The lowest BCUT2D eigenvalue weighted by atomic mass is 10.0. The lowest BCUT2D eigenvalue weighted by Gasteiger charge is -2.12. The van der Waals surface area contributed by atoms with Crippen LogP contribution in [0, 0.1) is 0 Å². The van der Waals surface area contributed by atoms with Crippen LogP contribution in [-0.4, -0.2) is 35.8 Å². The highest BCUT2D eigenvalue weighted by atomic mass is 35.5. The number of ether oxygens (including phenoxy) is 1. The van der Waals surface area contributed by atoms with Crippen molar-refractivity contribution in [3.05, 3.63) is 71.1 Å². The molecule has 2 aromatic carbocycles. The summed E-state index contributed by atoms with van der Waals surface area (Å²) in [6.45, 7) is 3.93. The molecule has 4 rings (SSSR count). The van der Waals surface area contributed by atoms with Gasteiger partial charge >= 0.3 is 0 Å². The maximum Gasteiger partial charge on any atom is 0.265 e. The van der Waals surface area contributed by atoms with E-state index in [1.54, 1.807) is 24.4 Å². The van der Waals surface area contributed by atoms with Crippen molar-refractivity contribution in [1.82, 2.24) is 14.5 Å². The Morgan fingerprint density at radius 1 is 1.18 bits per heavy atom. The summed E-state index contributed by atoms with van der Waals surface area (Å²) in [5, 5.41) is 0.697. The summed E-state index contributed by atoms with van der Waals surface area (Å²) >= 11 is 5.99. The molecule has 11 heteroatoms. The third-order valence-electron chi connectivity index (χ3n) is 5.23. The molecule has 2 aromatic heterocycles. The second-order valence-electron chi connectivity index (χ2n) is 7.81. The number of sulfonamides is 1. The van der Waals surface area contributed by atoms with Crippen LogP contribution in [0.4, 0.5) is 11.5 Å². The third-order valence-corrected chi connectivity index (χ3v) is 6.87. The van der Waals surface area contributed by atoms with Gasteiger partial charge in [0.15, 0.2) is 5.78 Å². The Bertz CT molecular complexity index is 1520. The number of nitrogens with two attached hydrogens (primary N) is 1. The number of methoxy groups -OCH3 is 1. The van der Waals surface area contributed by atoms with E-state index in [0.29, 0.717) is 16.6 Å². The van der Waals surface area contributed by atoms with Gasteiger partial charge in [0.2, 0.25) is 0 Å². The molecule has 0 fully saturated rings. The summed E-state index contributed by atoms with van der Waals surface area (Å²) in [5.74, 6) is -0.00829. The summed E-state index contributed by atoms with van der Waals surface area (Å²) in [6.07, 6.45) is 3.04. The summed E-state index contributed by atoms with van der Waals surface area (Å²) in [7, 11) is -2.68. The van der Waals surface area contributed by atoms with Gasteiger partial charge in [-0.05, 0) is 44.2 Å². The average Bonchev–Trinajstić information content (AvgIpc) is 3.20. The Morgan fingerprint density at radius 3 is 2.65 bits per heavy atom. The number of anilines is 2. The number of benzene rings is 2. The van der Waals surface area contributed by atoms with Crippen molar-refractivity contribution in [2.24, 2.45) is 0 Å². The van der Waals surface area contributed by atoms with Crippen molar-refractivity contribution in [2.45, 2.75) is 24.8 Å². The standard InChI is InChI=1S/C23H22ClN5O4S/c1-13(2)29-11-17(20-22(25)26-12-27-23(20)29)21(30)14-5-4-6-16(9-14)28-34(31,32)19-10-15(24)7-8-18(19)33-3/h4-13,28H,1-3H3,(H2,25,26,27). The number of nitrogen functional groups attached to an aromatic ring is 1. The van der Waals surface area contributed by atoms with Crippen molar-refractivity contribution in [3.63, 3.8) is 0 Å². The van der Waals surface area contributed by atoms with E-state index in [9.17, 15) is 13.2 Å². The zero-order valence-corrected chi connectivity index (χ0v) is 20.2. The van der Waals surface area contributed by atoms with Gasteiger partial charge in [-0.25, -0.2) is 18.4 Å². The molecule has 0 unspecified atom stereocenters. The van der Waals surface area contributed by atoms with Gasteiger partial charge in [-0.2, -0.15) is 0 Å². The molecule has 0 aliphatic carbocycles. The van der Waals surface area contributed by atoms with Crippen LogP contribution in [0.3, 0.4) is 0 Å². The SMILES string of the molecule is COc1ccc(Cl)cc1S(=O)(=O)Nc1cccc(C(=O)c2cn(C(C)C)c3ncnc(N)c23)c1. The molecule has 0 radical (unpaired) electrons. The number of fused-ring (bicyclic) bond motifs is 1. The van der Waals surface area contributed by atoms with Crippen LogP contribution in [0.1, 0.15) is 35.8 Å². The van der Waals surface area contributed by atoms with Gasteiger partial charge < -0.3 is 15.0 Å². The van der Waals surface area contributed by atoms with Gasteiger partial charge in [-0.3, -0.25) is 9.52 Å². The fourth-order valence-corrected chi connectivity index (χ4v) is 5.11. The third kappa shape index (κ3) is 4.29. The molecule has 34 heavy (non-hydrogen) atoms. The molecular formula is C23H22ClN5O4S. The summed E-state index contributed by atoms with van der Waals surface area (Å²) in [4.78, 5) is 21.6. The van der Waals surface area contributed by atoms with Crippen LogP contribution < -0.4 is 15.2 Å². The molecule has 0 amide bonds. The summed E-state index contributed by atoms with van der Waals surface area (Å²) in [6, 6.07) is 10.5. The number of nitrogens with one attached hydrogen (secondary N) is 1. The number of aromatic nitrogens is 3. The largest absolute Gasteiger partial charge is 0.495 e. The molecule has 0 bridgehead atoms. The van der Waals surface area contributed by atoms with E-state index in [2.05, 4.69) is 14.7 Å². The molecule has 0 atom stereocenters. The first-order valence-electron chi connectivity index (χ1n) is 10.2. The van der Waals surface area contributed by atoms with Gasteiger partial charge in [0.05, 0.1) is 18.1 Å². The maximum absolute atomic E-state index is 13.4. The zero-order chi connectivity index (χ0) is 24.6. The number of nitrogens with zero attached hydrogens (tertiary/aromatic N) is 3. The minimum Gasteiger partial charge on any atom is -0.495 e. The van der Waals surface area contributed by atoms with E-state index in [-0.39, 0.29) is 44.6 Å². The Labute approximate surface area is 201 Å². The molecule has 3 N–H and O–H groups in total. The van der Waals surface area contributed by atoms with Gasteiger partial charge in [0.1, 0.15) is 28.4 Å². The van der Waals surface area contributed by atoms with Crippen molar-refractivity contribution >= 4 is 49.9 Å². The minimum absolute atomic E-state index is 0.0316. The van der Waals surface area contributed by atoms with E-state index >= 15 is 0 Å². The van der Waals surface area contributed by atoms with Crippen LogP contribution in [0.2, 0.25) is 5.02 Å². The predicted octanol–water partition coefficient (Wildman–Crippen LogP) is 4.29. The zero-order valence-electron chi connectivity index (χ0n) is 18.6. The van der Waals surface area contributed by atoms with Crippen LogP contribution in [0.15, 0.2) is 59.9 Å². The van der Waals surface area contributed by atoms with Crippen LogP contribution >= 0.6 is 11.6 Å². The Hall–Kier alpha value is -3.63. The smallest absolute Gasteiger partial charge is 0.265 e. The molecule has 0 spiro atoms. The molecule has 4 aromatic rings. The predicted molar refractivity (Wildman–Crippen MR) is 131 cm³/mol. The Kier molecular flexibility index (Phi) is 6.20. The first kappa shape index (κ1) is 23.5. The molecular weight excluding hydrogens is 478 g/mol. The van der Waals surface area contributed by atoms with Crippen molar-refractivity contribution < 1.29 is 17.9 Å². The first-order valence-corrected chi connectivity index (χ1v) is 12.1. The highest BCUT2D eigenvalue weighted by Crippen LogP contribution is 2.31. The van der Waals surface area contributed by atoms with Crippen molar-refractivity contribution in [1.29, 1.82) is 0 Å². The molecule has 176 valence electrons.